The minimum atomic E-state index is -0.416. The fourth-order valence-electron chi connectivity index (χ4n) is 2.74. The number of fused-ring (bicyclic) bond motifs is 1. The second-order valence-corrected chi connectivity index (χ2v) is 6.89. The second-order valence-electron chi connectivity index (χ2n) is 6.45. The zero-order chi connectivity index (χ0) is 20.4. The van der Waals surface area contributed by atoms with Gasteiger partial charge in [0.15, 0.2) is 0 Å². The van der Waals surface area contributed by atoms with E-state index < -0.39 is 5.91 Å². The molecule has 144 valence electrons. The van der Waals surface area contributed by atoms with Crippen LogP contribution in [0.2, 0.25) is 5.02 Å². The summed E-state index contributed by atoms with van der Waals surface area (Å²) < 4.78 is 5.84. The van der Waals surface area contributed by atoms with Gasteiger partial charge in [0, 0.05) is 22.7 Å². The van der Waals surface area contributed by atoms with E-state index in [1.165, 1.54) is 12.1 Å². The molecule has 0 fully saturated rings. The van der Waals surface area contributed by atoms with Crippen LogP contribution >= 0.6 is 11.6 Å². The van der Waals surface area contributed by atoms with Crippen molar-refractivity contribution in [1.29, 1.82) is 0 Å². The quantitative estimate of drug-likeness (QED) is 0.503. The van der Waals surface area contributed by atoms with Crippen molar-refractivity contribution in [2.45, 2.75) is 6.92 Å². The Morgan fingerprint density at radius 1 is 1.14 bits per heavy atom. The van der Waals surface area contributed by atoms with Crippen LogP contribution in [-0.2, 0) is 0 Å². The van der Waals surface area contributed by atoms with Crippen LogP contribution < -0.4 is 10.9 Å². The summed E-state index contributed by atoms with van der Waals surface area (Å²) in [5.41, 5.74) is 2.24. The number of benzene rings is 2. The van der Waals surface area contributed by atoms with Crippen molar-refractivity contribution in [3.8, 4) is 5.75 Å². The van der Waals surface area contributed by atoms with Gasteiger partial charge < -0.3 is 14.8 Å². The molecule has 1 amide bonds. The predicted molar refractivity (Wildman–Crippen MR) is 111 cm³/mol. The Kier molecular flexibility index (Phi) is 5.01. The van der Waals surface area contributed by atoms with Gasteiger partial charge in [0.25, 0.3) is 5.91 Å². The SMILES string of the molecule is Cc1ccc(NC(=O)c2cc3ccc(O)cc3oc2=Nc2cccc(Cl)c2)nc1. The lowest BCUT2D eigenvalue weighted by molar-refractivity contribution is 0.102. The van der Waals surface area contributed by atoms with Crippen LogP contribution in [0, 0.1) is 6.92 Å². The van der Waals surface area contributed by atoms with E-state index in [-0.39, 0.29) is 16.9 Å². The summed E-state index contributed by atoms with van der Waals surface area (Å²) in [7, 11) is 0. The van der Waals surface area contributed by atoms with Crippen molar-refractivity contribution in [2.75, 3.05) is 5.32 Å². The Morgan fingerprint density at radius 2 is 2.00 bits per heavy atom. The van der Waals surface area contributed by atoms with Crippen molar-refractivity contribution < 1.29 is 14.3 Å². The molecule has 0 saturated heterocycles. The maximum Gasteiger partial charge on any atom is 0.262 e. The Hall–Kier alpha value is -3.64. The molecule has 0 unspecified atom stereocenters. The molecule has 0 aliphatic carbocycles. The number of phenolic OH excluding ortho intramolecular Hbond substituents is 1. The Balaban J connectivity index is 1.85. The lowest BCUT2D eigenvalue weighted by atomic mass is 10.1. The van der Waals surface area contributed by atoms with Crippen LogP contribution in [0.15, 0.2) is 76.3 Å². The van der Waals surface area contributed by atoms with Gasteiger partial charge in [-0.1, -0.05) is 23.7 Å². The molecule has 0 aliphatic rings. The number of anilines is 1. The molecule has 0 aliphatic heterocycles. The van der Waals surface area contributed by atoms with Gasteiger partial charge in [0.1, 0.15) is 22.7 Å². The number of carbonyl (C=O) groups is 1. The topological polar surface area (TPSA) is 87.7 Å². The summed E-state index contributed by atoms with van der Waals surface area (Å²) in [6, 6.07) is 16.8. The normalized spacial score (nSPS) is 11.6. The van der Waals surface area contributed by atoms with E-state index in [1.807, 2.05) is 13.0 Å². The number of hydrogen-bond acceptors (Lipinski definition) is 5. The minimum Gasteiger partial charge on any atom is -0.508 e. The molecule has 7 heteroatoms. The Morgan fingerprint density at radius 3 is 2.76 bits per heavy atom. The van der Waals surface area contributed by atoms with Gasteiger partial charge in [0.05, 0.1) is 5.69 Å². The number of carbonyl (C=O) groups excluding carboxylic acids is 1. The second kappa shape index (κ2) is 7.77. The number of amides is 1. The number of aryl methyl sites for hydroxylation is 1. The molecule has 0 atom stereocenters. The van der Waals surface area contributed by atoms with Gasteiger partial charge in [-0.3, -0.25) is 4.79 Å². The van der Waals surface area contributed by atoms with E-state index in [2.05, 4.69) is 15.3 Å². The molecule has 0 radical (unpaired) electrons. The van der Waals surface area contributed by atoms with Gasteiger partial charge in [-0.25, -0.2) is 9.98 Å². The smallest absolute Gasteiger partial charge is 0.262 e. The number of aromatic hydroxyl groups is 1. The number of nitrogens with one attached hydrogen (secondary N) is 1. The first-order valence-electron chi connectivity index (χ1n) is 8.79. The number of phenols is 1. The molecule has 4 aromatic rings. The Bertz CT molecular complexity index is 1280. The van der Waals surface area contributed by atoms with Crippen molar-refractivity contribution in [3.05, 3.63) is 88.6 Å². The fourth-order valence-corrected chi connectivity index (χ4v) is 2.93. The molecule has 2 heterocycles. The number of hydrogen-bond donors (Lipinski definition) is 2. The largest absolute Gasteiger partial charge is 0.508 e. The lowest BCUT2D eigenvalue weighted by Gasteiger charge is -2.07. The first kappa shape index (κ1) is 18.7. The molecule has 0 saturated carbocycles. The van der Waals surface area contributed by atoms with Crippen LogP contribution in [0.5, 0.6) is 5.75 Å². The van der Waals surface area contributed by atoms with Crippen LogP contribution in [0.25, 0.3) is 11.0 Å². The number of nitrogens with zero attached hydrogens (tertiary/aromatic N) is 2. The molecule has 6 nitrogen and oxygen atoms in total. The van der Waals surface area contributed by atoms with Crippen molar-refractivity contribution in [2.24, 2.45) is 4.99 Å². The highest BCUT2D eigenvalue weighted by Gasteiger charge is 2.14. The van der Waals surface area contributed by atoms with Crippen LogP contribution in [-0.4, -0.2) is 16.0 Å². The third kappa shape index (κ3) is 4.28. The van der Waals surface area contributed by atoms with E-state index in [0.717, 1.165) is 5.56 Å². The van der Waals surface area contributed by atoms with Crippen LogP contribution in [0.1, 0.15) is 15.9 Å². The van der Waals surface area contributed by atoms with Crippen LogP contribution in [0.3, 0.4) is 0 Å². The van der Waals surface area contributed by atoms with E-state index in [0.29, 0.717) is 27.5 Å². The van der Waals surface area contributed by atoms with Gasteiger partial charge in [-0.15, -0.1) is 0 Å². The molecular formula is C22H16ClN3O3. The molecule has 29 heavy (non-hydrogen) atoms. The average molecular weight is 406 g/mol. The van der Waals surface area contributed by atoms with Gasteiger partial charge in [-0.2, -0.15) is 0 Å². The summed E-state index contributed by atoms with van der Waals surface area (Å²) >= 11 is 6.04. The zero-order valence-electron chi connectivity index (χ0n) is 15.4. The molecule has 4 rings (SSSR count). The first-order valence-corrected chi connectivity index (χ1v) is 9.17. The average Bonchev–Trinajstić information content (AvgIpc) is 2.69. The molecule has 2 aromatic carbocycles. The van der Waals surface area contributed by atoms with Crippen molar-refractivity contribution in [3.63, 3.8) is 0 Å². The number of aromatic nitrogens is 1. The van der Waals surface area contributed by atoms with Gasteiger partial charge in [-0.05, 0) is 55.0 Å². The first-order chi connectivity index (χ1) is 14.0. The summed E-state index contributed by atoms with van der Waals surface area (Å²) in [4.78, 5) is 21.6. The van der Waals surface area contributed by atoms with Gasteiger partial charge in [0.2, 0.25) is 5.55 Å². The molecule has 0 spiro atoms. The highest BCUT2D eigenvalue weighted by Crippen LogP contribution is 2.21. The third-order valence-corrected chi connectivity index (χ3v) is 4.41. The summed E-state index contributed by atoms with van der Waals surface area (Å²) in [5, 5.41) is 13.7. The van der Waals surface area contributed by atoms with E-state index in [4.69, 9.17) is 16.0 Å². The fraction of sp³-hybridized carbons (Fsp3) is 0.0455. The van der Waals surface area contributed by atoms with E-state index in [9.17, 15) is 9.90 Å². The zero-order valence-corrected chi connectivity index (χ0v) is 16.1. The maximum absolute atomic E-state index is 12.9. The predicted octanol–water partition coefficient (Wildman–Crippen LogP) is 4.98. The van der Waals surface area contributed by atoms with Crippen molar-refractivity contribution in [1.82, 2.24) is 4.98 Å². The number of rotatable bonds is 3. The molecule has 0 bridgehead atoms. The highest BCUT2D eigenvalue weighted by molar-refractivity contribution is 6.30. The maximum atomic E-state index is 12.9. The summed E-state index contributed by atoms with van der Waals surface area (Å²) in [5.74, 6) is 0.0528. The summed E-state index contributed by atoms with van der Waals surface area (Å²) in [6.07, 6.45) is 1.67. The van der Waals surface area contributed by atoms with Crippen LogP contribution in [0.4, 0.5) is 11.5 Å². The summed E-state index contributed by atoms with van der Waals surface area (Å²) in [6.45, 7) is 1.91. The number of halogens is 1. The third-order valence-electron chi connectivity index (χ3n) is 4.17. The lowest BCUT2D eigenvalue weighted by Crippen LogP contribution is -2.22. The minimum absolute atomic E-state index is 0.0519. The monoisotopic (exact) mass is 405 g/mol. The van der Waals surface area contributed by atoms with Gasteiger partial charge >= 0.3 is 0 Å². The molecule has 2 N–H and O–H groups in total. The van der Waals surface area contributed by atoms with E-state index in [1.54, 1.807) is 48.7 Å². The van der Waals surface area contributed by atoms with Crippen molar-refractivity contribution >= 4 is 40.0 Å². The number of pyridine rings is 1. The Labute approximate surface area is 171 Å². The van der Waals surface area contributed by atoms with E-state index >= 15 is 0 Å². The molecular weight excluding hydrogens is 390 g/mol. The molecule has 2 aromatic heterocycles. The highest BCUT2D eigenvalue weighted by atomic mass is 35.5. The standard InChI is InChI=1S/C22H16ClN3O3/c1-13-5-8-20(24-12-13)26-21(28)18-9-14-6-7-17(27)11-19(14)29-22(18)25-16-4-2-3-15(23)10-16/h2-12,27H,1H3,(H,24,26,28).